The molecule has 0 saturated heterocycles. The van der Waals surface area contributed by atoms with Gasteiger partial charge in [0.05, 0.1) is 11.3 Å². The Labute approximate surface area is 119 Å². The van der Waals surface area contributed by atoms with E-state index < -0.39 is 11.8 Å². The molecule has 0 aliphatic rings. The summed E-state index contributed by atoms with van der Waals surface area (Å²) in [7, 11) is 0. The molecule has 1 aromatic heterocycles. The van der Waals surface area contributed by atoms with E-state index in [1.54, 1.807) is 4.68 Å². The first-order valence-corrected chi connectivity index (χ1v) is 7.01. The van der Waals surface area contributed by atoms with Gasteiger partial charge >= 0.3 is 5.97 Å². The molecule has 0 bridgehead atoms. The SMILES string of the molecule is CC(C)n1ncnc1CSc1cc(C(=O)O)ccc1F. The van der Waals surface area contributed by atoms with Crippen LogP contribution in [0.15, 0.2) is 29.4 Å². The van der Waals surface area contributed by atoms with E-state index >= 15 is 0 Å². The van der Waals surface area contributed by atoms with Crippen molar-refractivity contribution >= 4 is 17.7 Å². The second-order valence-electron chi connectivity index (χ2n) is 4.45. The molecule has 0 unspecified atom stereocenters. The molecule has 0 aliphatic carbocycles. The molecule has 1 N–H and O–H groups in total. The fourth-order valence-electron chi connectivity index (χ4n) is 1.70. The maximum atomic E-state index is 13.7. The molecule has 2 aromatic rings. The number of hydrogen-bond donors (Lipinski definition) is 1. The van der Waals surface area contributed by atoms with E-state index in [1.807, 2.05) is 13.8 Å². The highest BCUT2D eigenvalue weighted by atomic mass is 32.2. The van der Waals surface area contributed by atoms with E-state index in [0.717, 1.165) is 5.82 Å². The van der Waals surface area contributed by atoms with E-state index in [9.17, 15) is 9.18 Å². The summed E-state index contributed by atoms with van der Waals surface area (Å²) in [4.78, 5) is 15.3. The van der Waals surface area contributed by atoms with Crippen molar-refractivity contribution in [3.63, 3.8) is 0 Å². The van der Waals surface area contributed by atoms with Crippen molar-refractivity contribution in [2.75, 3.05) is 0 Å². The molecule has 1 aromatic carbocycles. The zero-order chi connectivity index (χ0) is 14.7. The first-order chi connectivity index (χ1) is 9.49. The number of aromatic nitrogens is 3. The van der Waals surface area contributed by atoms with Gasteiger partial charge in [0.2, 0.25) is 0 Å². The Morgan fingerprint density at radius 3 is 2.90 bits per heavy atom. The van der Waals surface area contributed by atoms with Crippen molar-refractivity contribution in [1.29, 1.82) is 0 Å². The summed E-state index contributed by atoms with van der Waals surface area (Å²) < 4.78 is 15.4. The lowest BCUT2D eigenvalue weighted by atomic mass is 10.2. The lowest BCUT2D eigenvalue weighted by Gasteiger charge is -2.09. The normalized spacial score (nSPS) is 11.0. The highest BCUT2D eigenvalue weighted by Gasteiger charge is 2.12. The van der Waals surface area contributed by atoms with Gasteiger partial charge in [0, 0.05) is 10.9 Å². The first-order valence-electron chi connectivity index (χ1n) is 6.03. The number of halogens is 1. The number of carboxylic acid groups (broad SMARTS) is 1. The number of nitrogens with zero attached hydrogens (tertiary/aromatic N) is 3. The van der Waals surface area contributed by atoms with Gasteiger partial charge in [-0.2, -0.15) is 5.10 Å². The number of benzene rings is 1. The molecule has 0 amide bonds. The average molecular weight is 295 g/mol. The second kappa shape index (κ2) is 6.04. The third-order valence-corrected chi connectivity index (χ3v) is 3.70. The molecule has 0 atom stereocenters. The van der Waals surface area contributed by atoms with Crippen LogP contribution in [0, 0.1) is 5.82 Å². The Hall–Kier alpha value is -1.89. The maximum Gasteiger partial charge on any atom is 0.335 e. The monoisotopic (exact) mass is 295 g/mol. The number of hydrogen-bond acceptors (Lipinski definition) is 4. The standard InChI is InChI=1S/C13H14FN3O2S/c1-8(2)17-12(15-7-16-17)6-20-11-5-9(13(18)19)3-4-10(11)14/h3-5,7-8H,6H2,1-2H3,(H,18,19). The topological polar surface area (TPSA) is 68.0 Å². The smallest absolute Gasteiger partial charge is 0.335 e. The minimum absolute atomic E-state index is 0.0687. The summed E-state index contributed by atoms with van der Waals surface area (Å²) >= 11 is 1.21. The Bertz CT molecular complexity index is 628. The third-order valence-electron chi connectivity index (χ3n) is 2.67. The van der Waals surface area contributed by atoms with E-state index in [0.29, 0.717) is 10.6 Å². The minimum Gasteiger partial charge on any atom is -0.478 e. The summed E-state index contributed by atoms with van der Waals surface area (Å²) in [5.74, 6) is -0.351. The molecule has 106 valence electrons. The summed E-state index contributed by atoms with van der Waals surface area (Å²) in [6, 6.07) is 3.92. The molecule has 0 saturated carbocycles. The Morgan fingerprint density at radius 2 is 2.25 bits per heavy atom. The van der Waals surface area contributed by atoms with Crippen molar-refractivity contribution in [2.45, 2.75) is 30.5 Å². The molecule has 1 heterocycles. The Morgan fingerprint density at radius 1 is 1.50 bits per heavy atom. The van der Waals surface area contributed by atoms with Crippen LogP contribution < -0.4 is 0 Å². The molecule has 0 spiro atoms. The molecule has 7 heteroatoms. The minimum atomic E-state index is -1.07. The summed E-state index contributed by atoms with van der Waals surface area (Å²) in [5, 5.41) is 13.0. The van der Waals surface area contributed by atoms with Crippen molar-refractivity contribution < 1.29 is 14.3 Å². The first kappa shape index (κ1) is 14.5. The second-order valence-corrected chi connectivity index (χ2v) is 5.47. The van der Waals surface area contributed by atoms with Crippen LogP contribution in [0.3, 0.4) is 0 Å². The predicted octanol–water partition coefficient (Wildman–Crippen LogP) is 2.99. The molecule has 20 heavy (non-hydrogen) atoms. The van der Waals surface area contributed by atoms with Crippen molar-refractivity contribution in [3.05, 3.63) is 41.7 Å². The molecule has 0 fully saturated rings. The van der Waals surface area contributed by atoms with Crippen molar-refractivity contribution in [2.24, 2.45) is 0 Å². The van der Waals surface area contributed by atoms with Gasteiger partial charge in [-0.15, -0.1) is 11.8 Å². The van der Waals surface area contributed by atoms with Gasteiger partial charge in [0.25, 0.3) is 0 Å². The third kappa shape index (κ3) is 3.16. The van der Waals surface area contributed by atoms with Gasteiger partial charge in [-0.05, 0) is 32.0 Å². The summed E-state index contributed by atoms with van der Waals surface area (Å²) in [5.41, 5.74) is 0.0687. The van der Waals surface area contributed by atoms with Crippen LogP contribution in [-0.4, -0.2) is 25.8 Å². The molecular formula is C13H14FN3O2S. The van der Waals surface area contributed by atoms with Crippen LogP contribution in [0.25, 0.3) is 0 Å². The molecule has 0 aliphatic heterocycles. The summed E-state index contributed by atoms with van der Waals surface area (Å²) in [6.45, 7) is 3.96. The number of aromatic carboxylic acids is 1. The zero-order valence-electron chi connectivity index (χ0n) is 11.1. The van der Waals surface area contributed by atoms with E-state index in [4.69, 9.17) is 5.11 Å². The number of carboxylic acids is 1. The van der Waals surface area contributed by atoms with Crippen LogP contribution >= 0.6 is 11.8 Å². The Kier molecular flexibility index (Phi) is 4.39. The average Bonchev–Trinajstić information content (AvgIpc) is 2.86. The van der Waals surface area contributed by atoms with E-state index in [1.165, 1.54) is 36.3 Å². The van der Waals surface area contributed by atoms with Gasteiger partial charge in [-0.1, -0.05) is 0 Å². The molecular weight excluding hydrogens is 281 g/mol. The van der Waals surface area contributed by atoms with Gasteiger partial charge in [0.15, 0.2) is 0 Å². The Balaban J connectivity index is 2.16. The predicted molar refractivity (Wildman–Crippen MR) is 73.3 cm³/mol. The number of carbonyl (C=O) groups is 1. The van der Waals surface area contributed by atoms with E-state index in [2.05, 4.69) is 10.1 Å². The highest BCUT2D eigenvalue weighted by molar-refractivity contribution is 7.98. The summed E-state index contributed by atoms with van der Waals surface area (Å²) in [6.07, 6.45) is 1.46. The molecule has 0 radical (unpaired) electrons. The number of rotatable bonds is 5. The van der Waals surface area contributed by atoms with Crippen LogP contribution in [0.4, 0.5) is 4.39 Å². The molecule has 2 rings (SSSR count). The van der Waals surface area contributed by atoms with Gasteiger partial charge in [0.1, 0.15) is 18.0 Å². The van der Waals surface area contributed by atoms with Crippen LogP contribution in [0.1, 0.15) is 36.1 Å². The van der Waals surface area contributed by atoms with Crippen LogP contribution in [0.2, 0.25) is 0 Å². The highest BCUT2D eigenvalue weighted by Crippen LogP contribution is 2.26. The lowest BCUT2D eigenvalue weighted by Crippen LogP contribution is -2.07. The quantitative estimate of drug-likeness (QED) is 0.859. The maximum absolute atomic E-state index is 13.7. The fourth-order valence-corrected chi connectivity index (χ4v) is 2.61. The van der Waals surface area contributed by atoms with Crippen LogP contribution in [0.5, 0.6) is 0 Å². The lowest BCUT2D eigenvalue weighted by molar-refractivity contribution is 0.0696. The van der Waals surface area contributed by atoms with Crippen molar-refractivity contribution in [1.82, 2.24) is 14.8 Å². The zero-order valence-corrected chi connectivity index (χ0v) is 11.9. The van der Waals surface area contributed by atoms with Gasteiger partial charge in [-0.3, -0.25) is 0 Å². The largest absolute Gasteiger partial charge is 0.478 e. The van der Waals surface area contributed by atoms with Gasteiger partial charge in [-0.25, -0.2) is 18.9 Å². The van der Waals surface area contributed by atoms with E-state index in [-0.39, 0.29) is 11.6 Å². The fraction of sp³-hybridized carbons (Fsp3) is 0.308. The van der Waals surface area contributed by atoms with Crippen molar-refractivity contribution in [3.8, 4) is 0 Å². The van der Waals surface area contributed by atoms with Gasteiger partial charge < -0.3 is 5.11 Å². The molecule has 5 nitrogen and oxygen atoms in total. The van der Waals surface area contributed by atoms with Crippen LogP contribution in [-0.2, 0) is 5.75 Å². The number of thioether (sulfide) groups is 1.